The highest BCUT2D eigenvalue weighted by Crippen LogP contribution is 2.36. The minimum atomic E-state index is -1.01. The lowest BCUT2D eigenvalue weighted by Crippen LogP contribution is -2.43. The molecule has 0 aliphatic heterocycles. The fraction of sp³-hybridized carbons (Fsp3) is 0.500. The number of amides is 1. The van der Waals surface area contributed by atoms with Gasteiger partial charge in [0.15, 0.2) is 0 Å². The van der Waals surface area contributed by atoms with E-state index in [1.165, 1.54) is 0 Å². The highest BCUT2D eigenvalue weighted by Gasteiger charge is 2.40. The normalized spacial score (nSPS) is 23.2. The number of aliphatic carboxylic acids is 1. The van der Waals surface area contributed by atoms with Crippen LogP contribution in [0.3, 0.4) is 0 Å². The maximum absolute atomic E-state index is 12.4. The first kappa shape index (κ1) is 16.7. The largest absolute Gasteiger partial charge is 0.481 e. The highest BCUT2D eigenvalue weighted by molar-refractivity contribution is 7.84. The van der Waals surface area contributed by atoms with Crippen LogP contribution >= 0.6 is 0 Å². The molecular formula is C16H21NO4S. The summed E-state index contributed by atoms with van der Waals surface area (Å²) < 4.78 is 11.4. The van der Waals surface area contributed by atoms with Crippen molar-refractivity contribution in [2.24, 2.45) is 11.8 Å². The molecule has 1 aromatic rings. The van der Waals surface area contributed by atoms with Crippen molar-refractivity contribution >= 4 is 22.7 Å². The van der Waals surface area contributed by atoms with E-state index in [2.05, 4.69) is 0 Å². The summed E-state index contributed by atoms with van der Waals surface area (Å²) in [5.74, 6) is -1.39. The summed E-state index contributed by atoms with van der Waals surface area (Å²) in [5.41, 5.74) is 0.971. The van der Waals surface area contributed by atoms with Crippen molar-refractivity contribution in [1.29, 1.82) is 0 Å². The molecule has 2 rings (SSSR count). The first-order valence-corrected chi connectivity index (χ1v) is 8.80. The lowest BCUT2D eigenvalue weighted by atomic mass is 9.74. The number of hydrogen-bond acceptors (Lipinski definition) is 3. The fourth-order valence-corrected chi connectivity index (χ4v) is 3.18. The van der Waals surface area contributed by atoms with Crippen LogP contribution in [0.5, 0.6) is 0 Å². The zero-order chi connectivity index (χ0) is 16.4. The molecule has 1 amide bonds. The number of hydrogen-bond donors (Lipinski definition) is 1. The topological polar surface area (TPSA) is 74.7 Å². The fourth-order valence-electron chi connectivity index (χ4n) is 2.66. The van der Waals surface area contributed by atoms with Crippen LogP contribution in [0.4, 0.5) is 0 Å². The van der Waals surface area contributed by atoms with E-state index >= 15 is 0 Å². The van der Waals surface area contributed by atoms with Crippen LogP contribution in [0, 0.1) is 11.8 Å². The number of carbonyl (C=O) groups is 2. The number of carbonyl (C=O) groups excluding carboxylic acids is 1. The summed E-state index contributed by atoms with van der Waals surface area (Å²) in [6.45, 7) is 1.93. The van der Waals surface area contributed by atoms with Gasteiger partial charge in [-0.15, -0.1) is 0 Å². The van der Waals surface area contributed by atoms with Crippen LogP contribution in [-0.2, 0) is 20.4 Å². The Morgan fingerprint density at radius 2 is 1.77 bits per heavy atom. The average molecular weight is 323 g/mol. The first-order chi connectivity index (χ1) is 10.3. The van der Waals surface area contributed by atoms with Gasteiger partial charge in [-0.1, -0.05) is 12.1 Å². The van der Waals surface area contributed by atoms with E-state index in [4.69, 9.17) is 5.11 Å². The van der Waals surface area contributed by atoms with Gasteiger partial charge in [-0.25, -0.2) is 0 Å². The van der Waals surface area contributed by atoms with E-state index in [-0.39, 0.29) is 23.8 Å². The SMILES string of the molecule is CC(c1ccc(S(C)=O)cc1)N(C)C(=O)C1CC(C(=O)O)C1. The summed E-state index contributed by atoms with van der Waals surface area (Å²) in [6.07, 6.45) is 2.49. The van der Waals surface area contributed by atoms with Gasteiger partial charge in [0, 0.05) is 34.9 Å². The molecule has 0 radical (unpaired) electrons. The summed E-state index contributed by atoms with van der Waals surface area (Å²) in [4.78, 5) is 25.6. The van der Waals surface area contributed by atoms with Gasteiger partial charge in [0.2, 0.25) is 5.91 Å². The molecule has 1 aromatic carbocycles. The maximum atomic E-state index is 12.4. The Hall–Kier alpha value is -1.69. The number of nitrogens with zero attached hydrogens (tertiary/aromatic N) is 1. The van der Waals surface area contributed by atoms with E-state index in [0.29, 0.717) is 12.8 Å². The van der Waals surface area contributed by atoms with Crippen molar-refractivity contribution in [3.63, 3.8) is 0 Å². The van der Waals surface area contributed by atoms with Gasteiger partial charge >= 0.3 is 5.97 Å². The third kappa shape index (κ3) is 3.38. The van der Waals surface area contributed by atoms with E-state index in [1.807, 2.05) is 31.2 Å². The maximum Gasteiger partial charge on any atom is 0.306 e. The van der Waals surface area contributed by atoms with Crippen LogP contribution in [0.15, 0.2) is 29.2 Å². The lowest BCUT2D eigenvalue weighted by molar-refractivity contribution is -0.151. The first-order valence-electron chi connectivity index (χ1n) is 7.24. The predicted molar refractivity (Wildman–Crippen MR) is 83.8 cm³/mol. The van der Waals surface area contributed by atoms with Gasteiger partial charge < -0.3 is 10.0 Å². The van der Waals surface area contributed by atoms with Crippen molar-refractivity contribution in [2.45, 2.75) is 30.7 Å². The number of carboxylic acid groups (broad SMARTS) is 1. The predicted octanol–water partition coefficient (Wildman–Crippen LogP) is 2.05. The van der Waals surface area contributed by atoms with Crippen LogP contribution < -0.4 is 0 Å². The molecule has 5 nitrogen and oxygen atoms in total. The molecule has 22 heavy (non-hydrogen) atoms. The monoisotopic (exact) mass is 323 g/mol. The standard InChI is InChI=1S/C16H21NO4S/c1-10(11-4-6-14(7-5-11)22(3)21)17(2)15(18)12-8-13(9-12)16(19)20/h4-7,10,12-13H,8-9H2,1-3H3,(H,19,20). The van der Waals surface area contributed by atoms with Crippen LogP contribution in [-0.4, -0.2) is 39.4 Å². The molecule has 2 unspecified atom stereocenters. The molecule has 0 aromatic heterocycles. The molecule has 2 atom stereocenters. The molecule has 0 saturated heterocycles. The Morgan fingerprint density at radius 1 is 1.23 bits per heavy atom. The Labute approximate surface area is 132 Å². The van der Waals surface area contributed by atoms with Crippen LogP contribution in [0.2, 0.25) is 0 Å². The lowest BCUT2D eigenvalue weighted by Gasteiger charge is -2.36. The van der Waals surface area contributed by atoms with E-state index in [9.17, 15) is 13.8 Å². The van der Waals surface area contributed by atoms with Gasteiger partial charge in [-0.3, -0.25) is 13.8 Å². The molecule has 6 heteroatoms. The quantitative estimate of drug-likeness (QED) is 0.900. The zero-order valence-electron chi connectivity index (χ0n) is 13.0. The van der Waals surface area contributed by atoms with Gasteiger partial charge in [-0.2, -0.15) is 0 Å². The second-order valence-corrected chi connectivity index (χ2v) is 7.23. The number of rotatable bonds is 5. The molecule has 1 saturated carbocycles. The molecular weight excluding hydrogens is 302 g/mol. The summed E-state index contributed by atoms with van der Waals surface area (Å²) >= 11 is 0. The molecule has 1 aliphatic rings. The highest BCUT2D eigenvalue weighted by atomic mass is 32.2. The second kappa shape index (κ2) is 6.60. The third-order valence-corrected chi connectivity index (χ3v) is 5.40. The summed E-state index contributed by atoms with van der Waals surface area (Å²) in [5, 5.41) is 8.88. The van der Waals surface area contributed by atoms with Gasteiger partial charge in [-0.05, 0) is 37.5 Å². The number of benzene rings is 1. The van der Waals surface area contributed by atoms with Crippen molar-refractivity contribution < 1.29 is 18.9 Å². The smallest absolute Gasteiger partial charge is 0.306 e. The zero-order valence-corrected chi connectivity index (χ0v) is 13.8. The molecule has 1 N–H and O–H groups in total. The molecule has 120 valence electrons. The Morgan fingerprint density at radius 3 is 2.23 bits per heavy atom. The van der Waals surface area contributed by atoms with Crippen LogP contribution in [0.25, 0.3) is 0 Å². The van der Waals surface area contributed by atoms with E-state index < -0.39 is 16.8 Å². The Bertz CT molecular complexity index is 593. The van der Waals surface area contributed by atoms with Crippen molar-refractivity contribution in [1.82, 2.24) is 4.90 Å². The molecule has 1 fully saturated rings. The van der Waals surface area contributed by atoms with Crippen molar-refractivity contribution in [3.05, 3.63) is 29.8 Å². The number of carboxylic acids is 1. The minimum absolute atomic E-state index is 0.00635. The van der Waals surface area contributed by atoms with Gasteiger partial charge in [0.25, 0.3) is 0 Å². The van der Waals surface area contributed by atoms with Crippen molar-refractivity contribution in [3.8, 4) is 0 Å². The van der Waals surface area contributed by atoms with Crippen molar-refractivity contribution in [2.75, 3.05) is 13.3 Å². The Balaban J connectivity index is 1.99. The Kier molecular flexibility index (Phi) is 5.01. The molecule has 0 heterocycles. The van der Waals surface area contributed by atoms with Gasteiger partial charge in [0.1, 0.15) is 0 Å². The molecule has 0 spiro atoms. The van der Waals surface area contributed by atoms with Crippen LogP contribution in [0.1, 0.15) is 31.4 Å². The molecule has 1 aliphatic carbocycles. The summed E-state index contributed by atoms with van der Waals surface area (Å²) in [6, 6.07) is 7.28. The second-order valence-electron chi connectivity index (χ2n) is 5.85. The average Bonchev–Trinajstić information content (AvgIpc) is 2.43. The minimum Gasteiger partial charge on any atom is -0.481 e. The van der Waals surface area contributed by atoms with E-state index in [1.54, 1.807) is 18.2 Å². The third-order valence-electron chi connectivity index (χ3n) is 4.46. The summed E-state index contributed by atoms with van der Waals surface area (Å²) in [7, 11) is 0.729. The van der Waals surface area contributed by atoms with Gasteiger partial charge in [0.05, 0.1) is 12.0 Å². The van der Waals surface area contributed by atoms with E-state index in [0.717, 1.165) is 10.5 Å². The molecule has 0 bridgehead atoms.